The fourth-order valence-electron chi connectivity index (χ4n) is 1.28. The van der Waals surface area contributed by atoms with Crippen molar-refractivity contribution in [3.63, 3.8) is 0 Å². The number of ether oxygens (including phenoxy) is 2. The summed E-state index contributed by atoms with van der Waals surface area (Å²) in [5.74, 6) is 0.917. The van der Waals surface area contributed by atoms with Gasteiger partial charge in [-0.25, -0.2) is 0 Å². The van der Waals surface area contributed by atoms with E-state index < -0.39 is 0 Å². The van der Waals surface area contributed by atoms with E-state index in [-0.39, 0.29) is 0 Å². The number of epoxide rings is 1. The maximum Gasteiger partial charge on any atom is 0.119 e. The monoisotopic (exact) mass is 190 g/mol. The molecule has 1 heterocycles. The van der Waals surface area contributed by atoms with Crippen LogP contribution in [-0.2, 0) is 11.2 Å². The van der Waals surface area contributed by atoms with Crippen molar-refractivity contribution in [1.29, 1.82) is 0 Å². The molecule has 2 rings (SSSR count). The highest BCUT2D eigenvalue weighted by atomic mass is 16.6. The molecule has 1 aliphatic heterocycles. The van der Waals surface area contributed by atoms with E-state index >= 15 is 0 Å². The van der Waals surface area contributed by atoms with Crippen LogP contribution in [0.25, 0.3) is 0 Å². The van der Waals surface area contributed by atoms with Crippen molar-refractivity contribution in [2.24, 2.45) is 0 Å². The molecule has 0 amide bonds. The summed E-state index contributed by atoms with van der Waals surface area (Å²) in [5.41, 5.74) is 1.23. The van der Waals surface area contributed by atoms with E-state index in [4.69, 9.17) is 9.47 Å². The molecule has 0 spiro atoms. The van der Waals surface area contributed by atoms with Gasteiger partial charge in [-0.2, -0.15) is 0 Å². The van der Waals surface area contributed by atoms with E-state index in [2.05, 4.69) is 12.6 Å². The number of hydrogen-bond acceptors (Lipinski definition) is 2. The van der Waals surface area contributed by atoms with Crippen molar-refractivity contribution in [3.05, 3.63) is 42.5 Å². The van der Waals surface area contributed by atoms with Gasteiger partial charge in [-0.3, -0.25) is 0 Å². The summed E-state index contributed by atoms with van der Waals surface area (Å²) in [7, 11) is 0. The topological polar surface area (TPSA) is 21.8 Å². The SMILES string of the molecule is C=CCc1cccc(OCC2CO2)c1. The summed E-state index contributed by atoms with van der Waals surface area (Å²) in [6.07, 6.45) is 3.10. The zero-order valence-electron chi connectivity index (χ0n) is 8.11. The molecule has 1 aliphatic rings. The van der Waals surface area contributed by atoms with Crippen molar-refractivity contribution < 1.29 is 9.47 Å². The van der Waals surface area contributed by atoms with Crippen LogP contribution in [0, 0.1) is 0 Å². The van der Waals surface area contributed by atoms with Crippen LogP contribution >= 0.6 is 0 Å². The first-order chi connectivity index (χ1) is 6.88. The molecular weight excluding hydrogens is 176 g/mol. The molecule has 1 atom stereocenters. The molecule has 1 saturated heterocycles. The van der Waals surface area contributed by atoms with E-state index in [1.807, 2.05) is 24.3 Å². The average molecular weight is 190 g/mol. The standard InChI is InChI=1S/C12H14O2/c1-2-4-10-5-3-6-11(7-10)13-8-12-9-14-12/h2-3,5-7,12H,1,4,8-9H2. The predicted octanol–water partition coefficient (Wildman–Crippen LogP) is 2.19. The number of allylic oxidation sites excluding steroid dienone is 1. The first-order valence-electron chi connectivity index (χ1n) is 4.83. The van der Waals surface area contributed by atoms with Gasteiger partial charge in [-0.1, -0.05) is 18.2 Å². The lowest BCUT2D eigenvalue weighted by atomic mass is 10.1. The molecule has 0 N–H and O–H groups in total. The van der Waals surface area contributed by atoms with Gasteiger partial charge in [0.05, 0.1) is 6.61 Å². The molecule has 1 unspecified atom stereocenters. The van der Waals surface area contributed by atoms with Gasteiger partial charge in [0.1, 0.15) is 18.5 Å². The molecule has 0 radical (unpaired) electrons. The minimum absolute atomic E-state index is 0.318. The third-order valence-corrected chi connectivity index (χ3v) is 2.12. The van der Waals surface area contributed by atoms with Crippen molar-refractivity contribution in [3.8, 4) is 5.75 Å². The van der Waals surface area contributed by atoms with Crippen LogP contribution in [0.3, 0.4) is 0 Å². The third-order valence-electron chi connectivity index (χ3n) is 2.12. The second-order valence-corrected chi connectivity index (χ2v) is 3.41. The van der Waals surface area contributed by atoms with E-state index in [0.29, 0.717) is 12.7 Å². The zero-order valence-corrected chi connectivity index (χ0v) is 8.11. The minimum Gasteiger partial charge on any atom is -0.491 e. The van der Waals surface area contributed by atoms with E-state index in [1.165, 1.54) is 5.56 Å². The van der Waals surface area contributed by atoms with Crippen molar-refractivity contribution in [2.45, 2.75) is 12.5 Å². The van der Waals surface area contributed by atoms with Crippen molar-refractivity contribution in [2.75, 3.05) is 13.2 Å². The quantitative estimate of drug-likeness (QED) is 0.524. The molecule has 0 bridgehead atoms. The van der Waals surface area contributed by atoms with Crippen LogP contribution in [-0.4, -0.2) is 19.3 Å². The Morgan fingerprint density at radius 3 is 3.14 bits per heavy atom. The summed E-state index contributed by atoms with van der Waals surface area (Å²) in [5, 5.41) is 0. The molecule has 1 fully saturated rings. The Hall–Kier alpha value is -1.28. The number of rotatable bonds is 5. The maximum absolute atomic E-state index is 5.56. The van der Waals surface area contributed by atoms with E-state index in [0.717, 1.165) is 18.8 Å². The second kappa shape index (κ2) is 4.29. The highest BCUT2D eigenvalue weighted by molar-refractivity contribution is 5.29. The van der Waals surface area contributed by atoms with Crippen LogP contribution < -0.4 is 4.74 Å². The Kier molecular flexibility index (Phi) is 2.84. The lowest BCUT2D eigenvalue weighted by molar-refractivity contribution is 0.263. The molecule has 0 aliphatic carbocycles. The van der Waals surface area contributed by atoms with Crippen LogP contribution in [0.5, 0.6) is 5.75 Å². The summed E-state index contributed by atoms with van der Waals surface area (Å²) in [6.45, 7) is 5.21. The van der Waals surface area contributed by atoms with Crippen LogP contribution in [0.1, 0.15) is 5.56 Å². The van der Waals surface area contributed by atoms with Gasteiger partial charge >= 0.3 is 0 Å². The van der Waals surface area contributed by atoms with E-state index in [9.17, 15) is 0 Å². The van der Waals surface area contributed by atoms with Gasteiger partial charge in [0.25, 0.3) is 0 Å². The highest BCUT2D eigenvalue weighted by Gasteiger charge is 2.22. The normalized spacial score (nSPS) is 19.0. The molecular formula is C12H14O2. The lowest BCUT2D eigenvalue weighted by Gasteiger charge is -2.05. The molecule has 1 aromatic rings. The molecule has 2 heteroatoms. The molecule has 14 heavy (non-hydrogen) atoms. The van der Waals surface area contributed by atoms with Gasteiger partial charge in [0.15, 0.2) is 0 Å². The second-order valence-electron chi connectivity index (χ2n) is 3.41. The smallest absolute Gasteiger partial charge is 0.119 e. The average Bonchev–Trinajstić information content (AvgIpc) is 2.99. The van der Waals surface area contributed by atoms with Crippen molar-refractivity contribution >= 4 is 0 Å². The first-order valence-corrected chi connectivity index (χ1v) is 4.83. The van der Waals surface area contributed by atoms with Crippen LogP contribution in [0.15, 0.2) is 36.9 Å². The molecule has 74 valence electrons. The summed E-state index contributed by atoms with van der Waals surface area (Å²) < 4.78 is 10.6. The lowest BCUT2D eigenvalue weighted by Crippen LogP contribution is -2.04. The maximum atomic E-state index is 5.56. The fraction of sp³-hybridized carbons (Fsp3) is 0.333. The summed E-state index contributed by atoms with van der Waals surface area (Å²) in [4.78, 5) is 0. The Labute approximate surface area is 84.2 Å². The summed E-state index contributed by atoms with van der Waals surface area (Å²) in [6, 6.07) is 8.09. The van der Waals surface area contributed by atoms with Gasteiger partial charge in [-0.15, -0.1) is 6.58 Å². The van der Waals surface area contributed by atoms with Gasteiger partial charge in [0.2, 0.25) is 0 Å². The molecule has 2 nitrogen and oxygen atoms in total. The minimum atomic E-state index is 0.318. The largest absolute Gasteiger partial charge is 0.491 e. The van der Waals surface area contributed by atoms with Crippen LogP contribution in [0.2, 0.25) is 0 Å². The number of hydrogen-bond donors (Lipinski definition) is 0. The number of benzene rings is 1. The zero-order chi connectivity index (χ0) is 9.80. The Bertz CT molecular complexity index is 316. The Morgan fingerprint density at radius 2 is 2.43 bits per heavy atom. The third kappa shape index (κ3) is 2.60. The molecule has 1 aromatic carbocycles. The molecule has 0 saturated carbocycles. The fourth-order valence-corrected chi connectivity index (χ4v) is 1.28. The highest BCUT2D eigenvalue weighted by Crippen LogP contribution is 2.16. The molecule has 0 aromatic heterocycles. The van der Waals surface area contributed by atoms with E-state index in [1.54, 1.807) is 0 Å². The first kappa shape index (κ1) is 9.28. The Morgan fingerprint density at radius 1 is 1.57 bits per heavy atom. The van der Waals surface area contributed by atoms with Crippen molar-refractivity contribution in [1.82, 2.24) is 0 Å². The van der Waals surface area contributed by atoms with Gasteiger partial charge in [0, 0.05) is 0 Å². The van der Waals surface area contributed by atoms with Crippen LogP contribution in [0.4, 0.5) is 0 Å². The predicted molar refractivity (Wildman–Crippen MR) is 55.6 cm³/mol. The van der Waals surface area contributed by atoms with Gasteiger partial charge < -0.3 is 9.47 Å². The summed E-state index contributed by atoms with van der Waals surface area (Å²) >= 11 is 0. The van der Waals surface area contributed by atoms with Gasteiger partial charge in [-0.05, 0) is 24.1 Å². The Balaban J connectivity index is 1.93.